The smallest absolute Gasteiger partial charge is 0.344 e. The summed E-state index contributed by atoms with van der Waals surface area (Å²) in [6, 6.07) is 23.8. The molecule has 8 nitrogen and oxygen atoms in total. The molecule has 3 aromatic rings. The lowest BCUT2D eigenvalue weighted by Gasteiger charge is -2.22. The second-order valence-electron chi connectivity index (χ2n) is 7.74. The summed E-state index contributed by atoms with van der Waals surface area (Å²) in [5, 5.41) is 5.97. The van der Waals surface area contributed by atoms with Crippen LogP contribution in [0.25, 0.3) is 0 Å². The summed E-state index contributed by atoms with van der Waals surface area (Å²) in [6.07, 6.45) is 0.535. The molecule has 0 fully saturated rings. The highest BCUT2D eigenvalue weighted by Gasteiger charge is 2.33. The van der Waals surface area contributed by atoms with Crippen molar-refractivity contribution >= 4 is 17.6 Å². The van der Waals surface area contributed by atoms with Crippen LogP contribution < -0.4 is 14.2 Å². The minimum atomic E-state index is -0.670. The molecule has 1 amide bonds. The predicted molar refractivity (Wildman–Crippen MR) is 130 cm³/mol. The number of amides is 1. The molecule has 180 valence electrons. The Labute approximate surface area is 203 Å². The van der Waals surface area contributed by atoms with Crippen molar-refractivity contribution in [3.8, 4) is 17.2 Å². The molecule has 0 spiro atoms. The van der Waals surface area contributed by atoms with E-state index in [4.69, 9.17) is 18.9 Å². The van der Waals surface area contributed by atoms with Crippen LogP contribution in [0.15, 0.2) is 84.0 Å². The van der Waals surface area contributed by atoms with Gasteiger partial charge in [0.1, 0.15) is 5.75 Å². The largest absolute Gasteiger partial charge is 0.497 e. The fourth-order valence-electron chi connectivity index (χ4n) is 3.76. The van der Waals surface area contributed by atoms with E-state index in [-0.39, 0.29) is 12.6 Å². The molecule has 1 aliphatic heterocycles. The van der Waals surface area contributed by atoms with Gasteiger partial charge in [-0.1, -0.05) is 54.6 Å². The summed E-state index contributed by atoms with van der Waals surface area (Å²) < 4.78 is 21.1. The Bertz CT molecular complexity index is 1190. The maximum atomic E-state index is 13.1. The first-order chi connectivity index (χ1) is 17.1. The fraction of sp³-hybridized carbons (Fsp3) is 0.222. The third-order valence-electron chi connectivity index (χ3n) is 5.54. The van der Waals surface area contributed by atoms with Gasteiger partial charge in [0.2, 0.25) is 0 Å². The van der Waals surface area contributed by atoms with Crippen molar-refractivity contribution in [3.63, 3.8) is 0 Å². The number of para-hydroxylation sites is 2. The minimum Gasteiger partial charge on any atom is -0.497 e. The third-order valence-corrected chi connectivity index (χ3v) is 5.54. The fourth-order valence-corrected chi connectivity index (χ4v) is 3.76. The van der Waals surface area contributed by atoms with Crippen molar-refractivity contribution in [1.82, 2.24) is 5.01 Å². The van der Waals surface area contributed by atoms with Crippen LogP contribution in [-0.4, -0.2) is 50.0 Å². The van der Waals surface area contributed by atoms with E-state index >= 15 is 0 Å². The SMILES string of the molecule is COc1ccc(C2CC(c3ccccc3)=NN2C(=O)COC(=O)COc2ccccc2OC)cc1. The first kappa shape index (κ1) is 23.8. The van der Waals surface area contributed by atoms with Crippen molar-refractivity contribution in [3.05, 3.63) is 90.0 Å². The number of nitrogens with zero attached hydrogens (tertiary/aromatic N) is 2. The molecule has 0 aromatic heterocycles. The van der Waals surface area contributed by atoms with Crippen molar-refractivity contribution < 1.29 is 28.5 Å². The van der Waals surface area contributed by atoms with Crippen LogP contribution in [0.2, 0.25) is 0 Å². The predicted octanol–water partition coefficient (Wildman–Crippen LogP) is 4.00. The molecule has 1 atom stereocenters. The topological polar surface area (TPSA) is 86.7 Å². The Morgan fingerprint density at radius 2 is 1.54 bits per heavy atom. The number of hydrazone groups is 1. The lowest BCUT2D eigenvalue weighted by atomic mass is 9.98. The Hall–Kier alpha value is -4.33. The van der Waals surface area contributed by atoms with Crippen LogP contribution in [-0.2, 0) is 14.3 Å². The van der Waals surface area contributed by atoms with Crippen LogP contribution in [0.3, 0.4) is 0 Å². The molecule has 0 bridgehead atoms. The molecule has 1 heterocycles. The minimum absolute atomic E-state index is 0.327. The van der Waals surface area contributed by atoms with Gasteiger partial charge in [0, 0.05) is 6.42 Å². The molecule has 0 radical (unpaired) electrons. The molecule has 4 rings (SSSR count). The highest BCUT2D eigenvalue weighted by molar-refractivity contribution is 6.03. The number of ether oxygens (including phenoxy) is 4. The van der Waals surface area contributed by atoms with Gasteiger partial charge in [-0.15, -0.1) is 0 Å². The number of esters is 1. The zero-order chi connectivity index (χ0) is 24.6. The van der Waals surface area contributed by atoms with Crippen LogP contribution >= 0.6 is 0 Å². The second kappa shape index (κ2) is 11.2. The Morgan fingerprint density at radius 1 is 0.857 bits per heavy atom. The molecule has 0 saturated heterocycles. The highest BCUT2D eigenvalue weighted by atomic mass is 16.6. The monoisotopic (exact) mass is 474 g/mol. The maximum absolute atomic E-state index is 13.1. The molecule has 8 heteroatoms. The van der Waals surface area contributed by atoms with E-state index in [1.807, 2.05) is 54.6 Å². The number of benzene rings is 3. The van der Waals surface area contributed by atoms with Crippen LogP contribution in [0.5, 0.6) is 17.2 Å². The first-order valence-electron chi connectivity index (χ1n) is 11.1. The summed E-state index contributed by atoms with van der Waals surface area (Å²) >= 11 is 0. The van der Waals surface area contributed by atoms with Crippen LogP contribution in [0, 0.1) is 0 Å². The third kappa shape index (κ3) is 5.78. The average Bonchev–Trinajstić information content (AvgIpc) is 3.37. The molecule has 3 aromatic carbocycles. The number of carbonyl (C=O) groups is 2. The summed E-state index contributed by atoms with van der Waals surface area (Å²) in [4.78, 5) is 25.3. The van der Waals surface area contributed by atoms with Gasteiger partial charge < -0.3 is 18.9 Å². The normalized spacial score (nSPS) is 14.7. The van der Waals surface area contributed by atoms with E-state index in [1.54, 1.807) is 31.4 Å². The van der Waals surface area contributed by atoms with E-state index in [9.17, 15) is 9.59 Å². The lowest BCUT2D eigenvalue weighted by molar-refractivity contribution is -0.154. The molecule has 0 saturated carbocycles. The van der Waals surface area contributed by atoms with Gasteiger partial charge in [0.25, 0.3) is 5.91 Å². The van der Waals surface area contributed by atoms with E-state index < -0.39 is 18.5 Å². The van der Waals surface area contributed by atoms with E-state index in [0.29, 0.717) is 17.9 Å². The second-order valence-corrected chi connectivity index (χ2v) is 7.74. The van der Waals surface area contributed by atoms with Crippen molar-refractivity contribution in [2.45, 2.75) is 12.5 Å². The highest BCUT2D eigenvalue weighted by Crippen LogP contribution is 2.33. The Balaban J connectivity index is 1.43. The van der Waals surface area contributed by atoms with E-state index in [1.165, 1.54) is 12.1 Å². The lowest BCUT2D eigenvalue weighted by Crippen LogP contribution is -2.32. The molecule has 1 unspecified atom stereocenters. The zero-order valence-corrected chi connectivity index (χ0v) is 19.5. The molecular weight excluding hydrogens is 448 g/mol. The quantitative estimate of drug-likeness (QED) is 0.436. The van der Waals surface area contributed by atoms with Gasteiger partial charge in [-0.3, -0.25) is 4.79 Å². The van der Waals surface area contributed by atoms with Crippen molar-refractivity contribution in [1.29, 1.82) is 0 Å². The number of hydrogen-bond donors (Lipinski definition) is 0. The molecular formula is C27H26N2O6. The van der Waals surface area contributed by atoms with E-state index in [0.717, 1.165) is 22.6 Å². The zero-order valence-electron chi connectivity index (χ0n) is 19.5. The molecule has 0 aliphatic carbocycles. The van der Waals surface area contributed by atoms with E-state index in [2.05, 4.69) is 5.10 Å². The molecule has 1 aliphatic rings. The standard InChI is InChI=1S/C27H26N2O6/c1-32-21-14-12-20(13-15-21)23-16-22(19-8-4-3-5-9-19)28-29(23)26(30)17-35-27(31)18-34-25-11-7-6-10-24(25)33-2/h3-15,23H,16-18H2,1-2H3. The van der Waals surface area contributed by atoms with Crippen LogP contribution in [0.4, 0.5) is 0 Å². The van der Waals surface area contributed by atoms with Crippen molar-refractivity contribution in [2.75, 3.05) is 27.4 Å². The summed E-state index contributed by atoms with van der Waals surface area (Å²) in [5.74, 6) is 0.532. The average molecular weight is 475 g/mol. The molecule has 35 heavy (non-hydrogen) atoms. The van der Waals surface area contributed by atoms with Crippen molar-refractivity contribution in [2.24, 2.45) is 5.10 Å². The Morgan fingerprint density at radius 3 is 2.23 bits per heavy atom. The number of hydrogen-bond acceptors (Lipinski definition) is 7. The van der Waals surface area contributed by atoms with Crippen LogP contribution in [0.1, 0.15) is 23.6 Å². The van der Waals surface area contributed by atoms with Gasteiger partial charge in [0.05, 0.1) is 26.0 Å². The van der Waals surface area contributed by atoms with Gasteiger partial charge in [-0.05, 0) is 35.4 Å². The maximum Gasteiger partial charge on any atom is 0.344 e. The summed E-state index contributed by atoms with van der Waals surface area (Å²) in [5.41, 5.74) is 2.62. The van der Waals surface area contributed by atoms with Gasteiger partial charge in [0.15, 0.2) is 24.7 Å². The Kier molecular flexibility index (Phi) is 7.62. The number of rotatable bonds is 9. The van der Waals surface area contributed by atoms with Gasteiger partial charge in [-0.25, -0.2) is 9.80 Å². The molecule has 0 N–H and O–H groups in total. The summed E-state index contributed by atoms with van der Waals surface area (Å²) in [6.45, 7) is -0.805. The van der Waals surface area contributed by atoms with Gasteiger partial charge >= 0.3 is 5.97 Å². The number of methoxy groups -OCH3 is 2. The summed E-state index contributed by atoms with van der Waals surface area (Å²) in [7, 11) is 3.11. The first-order valence-corrected chi connectivity index (χ1v) is 11.1. The number of carbonyl (C=O) groups excluding carboxylic acids is 2. The van der Waals surface area contributed by atoms with Gasteiger partial charge in [-0.2, -0.15) is 5.10 Å².